The molecule has 0 N–H and O–H groups in total. The Morgan fingerprint density at radius 1 is 1.04 bits per heavy atom. The van der Waals surface area contributed by atoms with Gasteiger partial charge in [0, 0.05) is 12.0 Å². The molecule has 0 unspecified atom stereocenters. The second-order valence-electron chi connectivity index (χ2n) is 8.79. The van der Waals surface area contributed by atoms with E-state index in [2.05, 4.69) is 71.6 Å². The van der Waals surface area contributed by atoms with Gasteiger partial charge in [0.15, 0.2) is 5.79 Å². The summed E-state index contributed by atoms with van der Waals surface area (Å²) in [5.74, 6) is 0.305. The van der Waals surface area contributed by atoms with Gasteiger partial charge in [0.1, 0.15) is 11.4 Å². The first-order valence-corrected chi connectivity index (χ1v) is 9.35. The van der Waals surface area contributed by atoms with Crippen molar-refractivity contribution in [1.82, 2.24) is 0 Å². The molecule has 2 aliphatic heterocycles. The van der Waals surface area contributed by atoms with Gasteiger partial charge in [0.25, 0.3) is 0 Å². The Morgan fingerprint density at radius 2 is 1.73 bits per heavy atom. The van der Waals surface area contributed by atoms with Crippen molar-refractivity contribution in [2.24, 2.45) is 5.41 Å². The van der Waals surface area contributed by atoms with Crippen molar-refractivity contribution < 1.29 is 14.2 Å². The lowest BCUT2D eigenvalue weighted by molar-refractivity contribution is -0.137. The minimum Gasteiger partial charge on any atom is -0.483 e. The van der Waals surface area contributed by atoms with Crippen molar-refractivity contribution in [3.8, 4) is 5.75 Å². The molecule has 0 aromatic heterocycles. The molecule has 3 aliphatic rings. The van der Waals surface area contributed by atoms with Crippen molar-refractivity contribution in [3.63, 3.8) is 0 Å². The van der Waals surface area contributed by atoms with E-state index in [1.165, 1.54) is 11.1 Å². The monoisotopic (exact) mass is 352 g/mol. The molecule has 3 heteroatoms. The lowest BCUT2D eigenvalue weighted by Crippen LogP contribution is -2.39. The first-order valence-electron chi connectivity index (χ1n) is 9.35. The Balaban J connectivity index is 1.84. The second-order valence-corrected chi connectivity index (χ2v) is 8.79. The van der Waals surface area contributed by atoms with Crippen LogP contribution in [-0.4, -0.2) is 24.6 Å². The number of rotatable bonds is 1. The van der Waals surface area contributed by atoms with E-state index in [-0.39, 0.29) is 11.0 Å². The molecule has 1 spiro atoms. The van der Waals surface area contributed by atoms with E-state index in [0.717, 1.165) is 28.9 Å². The minimum atomic E-state index is -0.628. The van der Waals surface area contributed by atoms with Crippen LogP contribution in [-0.2, 0) is 9.47 Å². The molecule has 0 bridgehead atoms. The molecule has 4 rings (SSSR count). The van der Waals surface area contributed by atoms with Crippen LogP contribution in [0, 0.1) is 12.3 Å². The van der Waals surface area contributed by atoms with E-state index < -0.39 is 5.79 Å². The summed E-state index contributed by atoms with van der Waals surface area (Å²) in [6.45, 7) is 16.4. The summed E-state index contributed by atoms with van der Waals surface area (Å²) in [5, 5.41) is 0. The largest absolute Gasteiger partial charge is 0.483 e. The molecule has 3 nitrogen and oxygen atoms in total. The van der Waals surface area contributed by atoms with Gasteiger partial charge in [-0.15, -0.1) is 0 Å². The smallest absolute Gasteiger partial charge is 0.189 e. The molecule has 1 aromatic carbocycles. The average molecular weight is 352 g/mol. The molecular formula is C23H28O3. The first kappa shape index (κ1) is 17.6. The Labute approximate surface area is 156 Å². The Kier molecular flexibility index (Phi) is 3.77. The van der Waals surface area contributed by atoms with Crippen LogP contribution in [0.15, 0.2) is 36.4 Å². The Hall–Kier alpha value is -1.84. The number of fused-ring (bicyclic) bond motifs is 1. The van der Waals surface area contributed by atoms with Crippen LogP contribution in [0.5, 0.6) is 5.75 Å². The molecule has 1 fully saturated rings. The maximum absolute atomic E-state index is 6.13. The van der Waals surface area contributed by atoms with Crippen molar-refractivity contribution in [3.05, 3.63) is 53.1 Å². The maximum Gasteiger partial charge on any atom is 0.189 e. The molecule has 1 aromatic rings. The van der Waals surface area contributed by atoms with Crippen molar-refractivity contribution in [2.45, 2.75) is 52.4 Å². The second kappa shape index (κ2) is 5.58. The van der Waals surface area contributed by atoms with E-state index in [4.69, 9.17) is 14.2 Å². The summed E-state index contributed by atoms with van der Waals surface area (Å²) in [7, 11) is 0. The van der Waals surface area contributed by atoms with Gasteiger partial charge in [0.2, 0.25) is 0 Å². The molecule has 26 heavy (non-hydrogen) atoms. The highest BCUT2D eigenvalue weighted by Crippen LogP contribution is 2.51. The van der Waals surface area contributed by atoms with E-state index >= 15 is 0 Å². The van der Waals surface area contributed by atoms with Crippen LogP contribution >= 0.6 is 0 Å². The number of hydrogen-bond donors (Lipinski definition) is 0. The number of hydrogen-bond acceptors (Lipinski definition) is 3. The number of benzene rings is 1. The van der Waals surface area contributed by atoms with Crippen molar-refractivity contribution >= 4 is 11.6 Å². The average Bonchev–Trinajstić information content (AvgIpc) is 2.98. The fourth-order valence-electron chi connectivity index (χ4n) is 4.23. The fraction of sp³-hybridized carbons (Fsp3) is 0.478. The number of ether oxygens (including phenoxy) is 3. The molecule has 1 aliphatic carbocycles. The summed E-state index contributed by atoms with van der Waals surface area (Å²) in [4.78, 5) is 0. The van der Waals surface area contributed by atoms with E-state index in [0.29, 0.717) is 13.2 Å². The molecular weight excluding hydrogens is 324 g/mol. The molecule has 1 saturated heterocycles. The van der Waals surface area contributed by atoms with Gasteiger partial charge in [-0.3, -0.25) is 0 Å². The zero-order chi connectivity index (χ0) is 18.7. The lowest BCUT2D eigenvalue weighted by Gasteiger charge is -2.42. The van der Waals surface area contributed by atoms with Crippen LogP contribution < -0.4 is 4.74 Å². The zero-order valence-corrected chi connectivity index (χ0v) is 16.4. The number of allylic oxidation sites excluding steroid dienone is 2. The van der Waals surface area contributed by atoms with Gasteiger partial charge in [0.05, 0.1) is 13.2 Å². The van der Waals surface area contributed by atoms with Crippen molar-refractivity contribution in [2.75, 3.05) is 13.2 Å². The Bertz CT molecular complexity index is 833. The maximum atomic E-state index is 6.13. The summed E-state index contributed by atoms with van der Waals surface area (Å²) in [5.41, 5.74) is 5.41. The lowest BCUT2D eigenvalue weighted by atomic mass is 9.69. The summed E-state index contributed by atoms with van der Waals surface area (Å²) in [6.07, 6.45) is 7.22. The van der Waals surface area contributed by atoms with Gasteiger partial charge < -0.3 is 14.2 Å². The summed E-state index contributed by atoms with van der Waals surface area (Å²) >= 11 is 0. The minimum absolute atomic E-state index is 0.0922. The van der Waals surface area contributed by atoms with Gasteiger partial charge in [-0.05, 0) is 66.7 Å². The zero-order valence-electron chi connectivity index (χ0n) is 16.4. The third kappa shape index (κ3) is 2.74. The normalized spacial score (nSPS) is 25.0. The van der Waals surface area contributed by atoms with Crippen LogP contribution in [0.3, 0.4) is 0 Å². The standard InChI is InChI=1S/C23H28O3/c1-15-17(7-8-20-18(15)9-10-22(5,6)26-20)19-13-23(24-11-12-25-23)14-21(3,4)16(19)2/h7-10,13H,2,11-12,14H2,1,3-6H3. The van der Waals surface area contributed by atoms with Crippen LogP contribution in [0.4, 0.5) is 0 Å². The third-order valence-electron chi connectivity index (χ3n) is 5.76. The quantitative estimate of drug-likeness (QED) is 0.687. The SMILES string of the molecule is C=C1C(c2ccc3c(c2C)C=CC(C)(C)O3)=CC2(CC1(C)C)OCCO2. The molecule has 0 atom stereocenters. The Morgan fingerprint density at radius 3 is 2.42 bits per heavy atom. The predicted octanol–water partition coefficient (Wildman–Crippen LogP) is 5.29. The van der Waals surface area contributed by atoms with Gasteiger partial charge in [-0.2, -0.15) is 0 Å². The summed E-state index contributed by atoms with van der Waals surface area (Å²) < 4.78 is 18.2. The van der Waals surface area contributed by atoms with Gasteiger partial charge in [-0.25, -0.2) is 0 Å². The fourth-order valence-corrected chi connectivity index (χ4v) is 4.23. The topological polar surface area (TPSA) is 27.7 Å². The highest BCUT2D eigenvalue weighted by molar-refractivity contribution is 5.85. The van der Waals surface area contributed by atoms with E-state index in [1.807, 2.05) is 0 Å². The van der Waals surface area contributed by atoms with Crippen molar-refractivity contribution in [1.29, 1.82) is 0 Å². The molecule has 138 valence electrons. The van der Waals surface area contributed by atoms with Gasteiger partial charge >= 0.3 is 0 Å². The van der Waals surface area contributed by atoms with Gasteiger partial charge in [-0.1, -0.05) is 32.6 Å². The summed E-state index contributed by atoms with van der Waals surface area (Å²) in [6, 6.07) is 4.21. The van der Waals surface area contributed by atoms with Crippen LogP contribution in [0.25, 0.3) is 11.6 Å². The molecule has 0 radical (unpaired) electrons. The highest BCUT2D eigenvalue weighted by Gasteiger charge is 2.46. The van der Waals surface area contributed by atoms with E-state index in [1.54, 1.807) is 0 Å². The van der Waals surface area contributed by atoms with Crippen LogP contribution in [0.1, 0.15) is 50.8 Å². The molecule has 0 amide bonds. The van der Waals surface area contributed by atoms with Crippen LogP contribution in [0.2, 0.25) is 0 Å². The first-order chi connectivity index (χ1) is 12.1. The highest BCUT2D eigenvalue weighted by atomic mass is 16.7. The predicted molar refractivity (Wildman–Crippen MR) is 105 cm³/mol. The molecule has 0 saturated carbocycles. The van der Waals surface area contributed by atoms with E-state index in [9.17, 15) is 0 Å². The third-order valence-corrected chi connectivity index (χ3v) is 5.76. The molecule has 2 heterocycles.